The van der Waals surface area contributed by atoms with Gasteiger partial charge in [0.05, 0.1) is 19.6 Å². The van der Waals surface area contributed by atoms with Gasteiger partial charge in [-0.15, -0.1) is 0 Å². The number of rotatable bonds is 4. The Hall–Kier alpha value is -1.82. The first-order valence-electron chi connectivity index (χ1n) is 6.33. The average molecular weight is 265 g/mol. The van der Waals surface area contributed by atoms with E-state index in [9.17, 15) is 9.59 Å². The maximum absolute atomic E-state index is 12.0. The minimum Gasteiger partial charge on any atom is -0.465 e. The number of nitrogens with one attached hydrogen (secondary N) is 1. The van der Waals surface area contributed by atoms with Crippen molar-refractivity contribution in [3.05, 3.63) is 23.7 Å². The zero-order valence-corrected chi connectivity index (χ0v) is 11.3. The van der Waals surface area contributed by atoms with E-state index in [1.807, 2.05) is 31.0 Å². The Morgan fingerprint density at radius 2 is 2.32 bits per heavy atom. The van der Waals surface area contributed by atoms with E-state index in [2.05, 4.69) is 5.32 Å². The quantitative estimate of drug-likeness (QED) is 0.831. The molecule has 1 aromatic heterocycles. The molecule has 1 N–H and O–H groups in total. The van der Waals surface area contributed by atoms with Crippen LogP contribution in [0.2, 0.25) is 0 Å². The number of carbonyl (C=O) groups is 2. The third-order valence-electron chi connectivity index (χ3n) is 3.02. The van der Waals surface area contributed by atoms with E-state index in [1.165, 1.54) is 0 Å². The Labute approximate surface area is 112 Å². The minimum absolute atomic E-state index is 0.0272. The lowest BCUT2D eigenvalue weighted by Gasteiger charge is -2.28. The maximum atomic E-state index is 12.0. The predicted octanol–water partition coefficient (Wildman–Crippen LogP) is -0.0218. The summed E-state index contributed by atoms with van der Waals surface area (Å²) in [5.41, 5.74) is 0. The van der Waals surface area contributed by atoms with Gasteiger partial charge >= 0.3 is 0 Å². The average Bonchev–Trinajstić information content (AvgIpc) is 2.74. The van der Waals surface area contributed by atoms with Crippen LogP contribution in [0, 0.1) is 6.92 Å². The molecule has 0 aromatic carbocycles. The molecule has 1 aromatic rings. The van der Waals surface area contributed by atoms with Crippen LogP contribution in [0.5, 0.6) is 0 Å². The monoisotopic (exact) mass is 265 g/mol. The zero-order chi connectivity index (χ0) is 13.8. The van der Waals surface area contributed by atoms with Crippen LogP contribution in [-0.4, -0.2) is 54.8 Å². The first kappa shape index (κ1) is 13.6. The van der Waals surface area contributed by atoms with Crippen LogP contribution in [-0.2, 0) is 16.1 Å². The van der Waals surface area contributed by atoms with Crippen LogP contribution in [0.4, 0.5) is 0 Å². The highest BCUT2D eigenvalue weighted by Gasteiger charge is 2.22. The van der Waals surface area contributed by atoms with Gasteiger partial charge in [-0.2, -0.15) is 0 Å². The van der Waals surface area contributed by atoms with Crippen molar-refractivity contribution in [2.45, 2.75) is 13.5 Å². The number of piperazine rings is 1. The van der Waals surface area contributed by atoms with E-state index in [0.29, 0.717) is 19.6 Å². The molecular weight excluding hydrogens is 246 g/mol. The van der Waals surface area contributed by atoms with Crippen LogP contribution < -0.4 is 5.32 Å². The van der Waals surface area contributed by atoms with Crippen LogP contribution >= 0.6 is 0 Å². The molecule has 1 aliphatic heterocycles. The molecule has 19 heavy (non-hydrogen) atoms. The third kappa shape index (κ3) is 3.82. The molecule has 0 radical (unpaired) electrons. The second-order valence-electron chi connectivity index (χ2n) is 4.85. The fourth-order valence-electron chi connectivity index (χ4n) is 2.07. The van der Waals surface area contributed by atoms with Crippen molar-refractivity contribution in [2.75, 3.05) is 33.2 Å². The highest BCUT2D eigenvalue weighted by atomic mass is 16.3. The molecule has 0 saturated carbocycles. The number of furan rings is 1. The van der Waals surface area contributed by atoms with E-state index >= 15 is 0 Å². The molecule has 6 nitrogen and oxygen atoms in total. The van der Waals surface area contributed by atoms with Gasteiger partial charge < -0.3 is 14.6 Å². The SMILES string of the molecule is Cc1ccc(CN(C)CC(=O)N2CCNC(=O)C2)o1. The van der Waals surface area contributed by atoms with E-state index in [4.69, 9.17) is 4.42 Å². The summed E-state index contributed by atoms with van der Waals surface area (Å²) >= 11 is 0. The number of carbonyl (C=O) groups excluding carboxylic acids is 2. The number of hydrogen-bond donors (Lipinski definition) is 1. The third-order valence-corrected chi connectivity index (χ3v) is 3.02. The number of aryl methyl sites for hydroxylation is 1. The Balaban J connectivity index is 1.82. The predicted molar refractivity (Wildman–Crippen MR) is 69.4 cm³/mol. The van der Waals surface area contributed by atoms with Crippen LogP contribution in [0.3, 0.4) is 0 Å². The first-order chi connectivity index (χ1) is 9.04. The Kier molecular flexibility index (Phi) is 4.21. The molecule has 2 heterocycles. The molecule has 2 amide bonds. The molecule has 6 heteroatoms. The van der Waals surface area contributed by atoms with Crippen molar-refractivity contribution in [3.63, 3.8) is 0 Å². The Morgan fingerprint density at radius 3 is 2.95 bits per heavy atom. The second-order valence-corrected chi connectivity index (χ2v) is 4.85. The van der Waals surface area contributed by atoms with Crippen molar-refractivity contribution in [1.82, 2.24) is 15.1 Å². The lowest BCUT2D eigenvalue weighted by Crippen LogP contribution is -2.52. The molecule has 0 atom stereocenters. The molecular formula is C13H19N3O3. The topological polar surface area (TPSA) is 65.8 Å². The highest BCUT2D eigenvalue weighted by Crippen LogP contribution is 2.08. The Bertz CT molecular complexity index is 469. The van der Waals surface area contributed by atoms with Crippen molar-refractivity contribution in [3.8, 4) is 0 Å². The van der Waals surface area contributed by atoms with Gasteiger partial charge in [0, 0.05) is 13.1 Å². The van der Waals surface area contributed by atoms with Gasteiger partial charge in [-0.1, -0.05) is 0 Å². The maximum Gasteiger partial charge on any atom is 0.239 e. The molecule has 0 aliphatic carbocycles. The van der Waals surface area contributed by atoms with E-state index in [1.54, 1.807) is 4.90 Å². The van der Waals surface area contributed by atoms with E-state index in [0.717, 1.165) is 11.5 Å². The van der Waals surface area contributed by atoms with Gasteiger partial charge in [0.15, 0.2) is 0 Å². The molecule has 104 valence electrons. The van der Waals surface area contributed by atoms with Gasteiger partial charge in [-0.05, 0) is 26.1 Å². The highest BCUT2D eigenvalue weighted by molar-refractivity contribution is 5.86. The van der Waals surface area contributed by atoms with Gasteiger partial charge in [-0.3, -0.25) is 14.5 Å². The fraction of sp³-hybridized carbons (Fsp3) is 0.538. The standard InChI is InChI=1S/C13H19N3O3/c1-10-3-4-11(19-10)7-15(2)9-13(18)16-6-5-14-12(17)8-16/h3-4H,5-9H2,1-2H3,(H,14,17). The molecule has 0 bridgehead atoms. The van der Waals surface area contributed by atoms with E-state index < -0.39 is 0 Å². The Morgan fingerprint density at radius 1 is 1.53 bits per heavy atom. The van der Waals surface area contributed by atoms with Gasteiger partial charge in [0.1, 0.15) is 11.5 Å². The fourth-order valence-corrected chi connectivity index (χ4v) is 2.07. The summed E-state index contributed by atoms with van der Waals surface area (Å²) in [6.07, 6.45) is 0. The summed E-state index contributed by atoms with van der Waals surface area (Å²) in [7, 11) is 1.86. The molecule has 2 rings (SSSR count). The summed E-state index contributed by atoms with van der Waals surface area (Å²) in [5.74, 6) is 1.58. The number of hydrogen-bond acceptors (Lipinski definition) is 4. The smallest absolute Gasteiger partial charge is 0.239 e. The summed E-state index contributed by atoms with van der Waals surface area (Å²) in [4.78, 5) is 26.7. The second kappa shape index (κ2) is 5.88. The molecule has 0 spiro atoms. The van der Waals surface area contributed by atoms with Gasteiger partial charge in [0.25, 0.3) is 0 Å². The minimum atomic E-state index is -0.0936. The lowest BCUT2D eigenvalue weighted by molar-refractivity contribution is -0.138. The molecule has 1 fully saturated rings. The van der Waals surface area contributed by atoms with Crippen LogP contribution in [0.1, 0.15) is 11.5 Å². The van der Waals surface area contributed by atoms with Gasteiger partial charge in [0.2, 0.25) is 11.8 Å². The van der Waals surface area contributed by atoms with E-state index in [-0.39, 0.29) is 24.9 Å². The summed E-state index contributed by atoms with van der Waals surface area (Å²) in [6, 6.07) is 3.81. The van der Waals surface area contributed by atoms with Crippen molar-refractivity contribution in [2.24, 2.45) is 0 Å². The van der Waals surface area contributed by atoms with Crippen molar-refractivity contribution in [1.29, 1.82) is 0 Å². The largest absolute Gasteiger partial charge is 0.465 e. The first-order valence-corrected chi connectivity index (χ1v) is 6.33. The summed E-state index contributed by atoms with van der Waals surface area (Å²) < 4.78 is 5.47. The normalized spacial score (nSPS) is 15.7. The molecule has 0 unspecified atom stereocenters. The summed E-state index contributed by atoms with van der Waals surface area (Å²) in [6.45, 7) is 4.03. The van der Waals surface area contributed by atoms with Gasteiger partial charge in [-0.25, -0.2) is 0 Å². The lowest BCUT2D eigenvalue weighted by atomic mass is 10.3. The van der Waals surface area contributed by atoms with Crippen LogP contribution in [0.15, 0.2) is 16.5 Å². The van der Waals surface area contributed by atoms with Crippen LogP contribution in [0.25, 0.3) is 0 Å². The number of nitrogens with zero attached hydrogens (tertiary/aromatic N) is 2. The van der Waals surface area contributed by atoms with Crippen molar-refractivity contribution >= 4 is 11.8 Å². The molecule has 1 saturated heterocycles. The summed E-state index contributed by atoms with van der Waals surface area (Å²) in [5, 5.41) is 2.70. The zero-order valence-electron chi connectivity index (χ0n) is 11.3. The number of amides is 2. The van der Waals surface area contributed by atoms with Crippen molar-refractivity contribution < 1.29 is 14.0 Å². The molecule has 1 aliphatic rings. The number of likely N-dealkylation sites (N-methyl/N-ethyl adjacent to an activating group) is 1.